The van der Waals surface area contributed by atoms with E-state index in [2.05, 4.69) is 33.0 Å². The molecule has 0 aliphatic carbocycles. The average Bonchev–Trinajstić information content (AvgIpc) is 2.44. The van der Waals surface area contributed by atoms with Gasteiger partial charge in [0.1, 0.15) is 0 Å². The first kappa shape index (κ1) is 17.2. The lowest BCUT2D eigenvalue weighted by Crippen LogP contribution is -2.38. The Morgan fingerprint density at radius 3 is 2.05 bits per heavy atom. The van der Waals surface area contributed by atoms with Crippen molar-refractivity contribution in [3.63, 3.8) is 0 Å². The van der Waals surface area contributed by atoms with Gasteiger partial charge in [0.05, 0.1) is 10.6 Å². The molecule has 4 heteroatoms. The third-order valence-corrected chi connectivity index (χ3v) is 5.79. The Labute approximate surface area is 123 Å². The number of nitrogens with one attached hydrogen (secondary N) is 1. The summed E-state index contributed by atoms with van der Waals surface area (Å²) in [6.45, 7) is 8.37. The molecule has 114 valence electrons. The zero-order valence-corrected chi connectivity index (χ0v) is 14.0. The molecule has 3 nitrogen and oxygen atoms in total. The lowest BCUT2D eigenvalue weighted by molar-refractivity contribution is 0.414. The molecule has 0 heterocycles. The number of hydrogen-bond acceptors (Lipinski definition) is 3. The fourth-order valence-corrected chi connectivity index (χ4v) is 3.92. The van der Waals surface area contributed by atoms with Crippen LogP contribution in [-0.2, 0) is 9.84 Å². The van der Waals surface area contributed by atoms with Gasteiger partial charge in [-0.1, -0.05) is 46.2 Å². The summed E-state index contributed by atoms with van der Waals surface area (Å²) in [5.41, 5.74) is 1.16. The number of hydrogen-bond donors (Lipinski definition) is 1. The highest BCUT2D eigenvalue weighted by molar-refractivity contribution is 7.91. The maximum absolute atomic E-state index is 12.5. The van der Waals surface area contributed by atoms with Gasteiger partial charge in [-0.25, -0.2) is 8.42 Å². The van der Waals surface area contributed by atoms with Crippen molar-refractivity contribution in [3.8, 4) is 0 Å². The van der Waals surface area contributed by atoms with Crippen molar-refractivity contribution in [3.05, 3.63) is 29.8 Å². The lowest BCUT2D eigenvalue weighted by atomic mass is 10.0. The van der Waals surface area contributed by atoms with Gasteiger partial charge in [-0.2, -0.15) is 0 Å². The Balaban J connectivity index is 2.93. The third kappa shape index (κ3) is 4.32. The molecule has 1 aromatic rings. The van der Waals surface area contributed by atoms with Crippen molar-refractivity contribution in [1.29, 1.82) is 0 Å². The summed E-state index contributed by atoms with van der Waals surface area (Å²) in [4.78, 5) is 0.422. The quantitative estimate of drug-likeness (QED) is 0.840. The molecule has 0 spiro atoms. The van der Waals surface area contributed by atoms with Crippen LogP contribution in [0.5, 0.6) is 0 Å². The van der Waals surface area contributed by atoms with E-state index >= 15 is 0 Å². The van der Waals surface area contributed by atoms with Gasteiger partial charge in [-0.05, 0) is 36.6 Å². The van der Waals surface area contributed by atoms with E-state index in [1.165, 1.54) is 0 Å². The minimum atomic E-state index is -3.23. The van der Waals surface area contributed by atoms with Gasteiger partial charge in [0, 0.05) is 6.04 Å². The number of sulfone groups is 1. The van der Waals surface area contributed by atoms with Gasteiger partial charge in [0.2, 0.25) is 0 Å². The van der Waals surface area contributed by atoms with Crippen molar-refractivity contribution in [2.45, 2.75) is 51.0 Å². The van der Waals surface area contributed by atoms with Gasteiger partial charge in [-0.3, -0.25) is 0 Å². The average molecular weight is 297 g/mol. The minimum Gasteiger partial charge on any atom is -0.316 e. The summed E-state index contributed by atoms with van der Waals surface area (Å²) in [6.07, 6.45) is 0.966. The van der Waals surface area contributed by atoms with E-state index in [9.17, 15) is 8.42 Å². The van der Waals surface area contributed by atoms with E-state index in [0.29, 0.717) is 16.7 Å². The topological polar surface area (TPSA) is 46.2 Å². The van der Waals surface area contributed by atoms with Crippen LogP contribution in [0.3, 0.4) is 0 Å². The second-order valence-electron chi connectivity index (χ2n) is 5.79. The second-order valence-corrected chi connectivity index (χ2v) is 7.82. The van der Waals surface area contributed by atoms with E-state index in [1.807, 2.05) is 19.2 Å². The van der Waals surface area contributed by atoms with Crippen LogP contribution in [0.1, 0.15) is 45.6 Å². The minimum absolute atomic E-state index is 0.00484. The van der Waals surface area contributed by atoms with Crippen LogP contribution in [0.15, 0.2) is 29.2 Å². The van der Waals surface area contributed by atoms with Crippen LogP contribution in [0.2, 0.25) is 0 Å². The molecule has 0 aliphatic heterocycles. The Kier molecular flexibility index (Phi) is 6.21. The van der Waals surface area contributed by atoms with Gasteiger partial charge in [0.15, 0.2) is 9.84 Å². The molecule has 2 unspecified atom stereocenters. The first-order valence-corrected chi connectivity index (χ1v) is 8.97. The van der Waals surface area contributed by atoms with Gasteiger partial charge < -0.3 is 5.32 Å². The molecule has 1 rings (SSSR count). The van der Waals surface area contributed by atoms with Crippen molar-refractivity contribution >= 4 is 9.84 Å². The Hall–Kier alpha value is -0.870. The smallest absolute Gasteiger partial charge is 0.179 e. The number of rotatable bonds is 7. The van der Waals surface area contributed by atoms with Crippen molar-refractivity contribution < 1.29 is 8.42 Å². The summed E-state index contributed by atoms with van der Waals surface area (Å²) in [5, 5.41) is 3.13. The van der Waals surface area contributed by atoms with E-state index in [-0.39, 0.29) is 11.8 Å². The lowest BCUT2D eigenvalue weighted by Gasteiger charge is -2.22. The van der Waals surface area contributed by atoms with Crippen molar-refractivity contribution in [2.75, 3.05) is 12.8 Å². The second kappa shape index (κ2) is 7.23. The van der Waals surface area contributed by atoms with Crippen molar-refractivity contribution in [2.24, 2.45) is 5.92 Å². The van der Waals surface area contributed by atoms with Crippen LogP contribution < -0.4 is 5.32 Å². The third-order valence-electron chi connectivity index (χ3n) is 4.01. The SMILES string of the molecule is CCC(C)C(CS(=O)(=O)c1ccc(C(C)C)cc1)NC. The molecule has 1 N–H and O–H groups in total. The fraction of sp³-hybridized carbons (Fsp3) is 0.625. The molecule has 0 bridgehead atoms. The highest BCUT2D eigenvalue weighted by Gasteiger charge is 2.23. The van der Waals surface area contributed by atoms with E-state index in [4.69, 9.17) is 0 Å². The Morgan fingerprint density at radius 1 is 1.10 bits per heavy atom. The fourth-order valence-electron chi connectivity index (χ4n) is 2.21. The first-order chi connectivity index (χ1) is 9.31. The highest BCUT2D eigenvalue weighted by atomic mass is 32.2. The summed E-state index contributed by atoms with van der Waals surface area (Å²) in [5.74, 6) is 0.904. The molecule has 0 aliphatic rings. The molecular formula is C16H27NO2S. The Bertz CT molecular complexity index is 506. The summed E-state index contributed by atoms with van der Waals surface area (Å²) < 4.78 is 24.9. The van der Waals surface area contributed by atoms with E-state index < -0.39 is 9.84 Å². The summed E-state index contributed by atoms with van der Waals surface area (Å²) in [7, 11) is -1.40. The van der Waals surface area contributed by atoms with Crippen LogP contribution in [0, 0.1) is 5.92 Å². The molecule has 0 aromatic heterocycles. The molecule has 0 radical (unpaired) electrons. The van der Waals surface area contributed by atoms with Crippen LogP contribution in [0.4, 0.5) is 0 Å². The molecule has 0 fully saturated rings. The molecule has 0 saturated carbocycles. The zero-order chi connectivity index (χ0) is 15.3. The van der Waals surface area contributed by atoms with Gasteiger partial charge in [-0.15, -0.1) is 0 Å². The monoisotopic (exact) mass is 297 g/mol. The maximum Gasteiger partial charge on any atom is 0.179 e. The molecule has 2 atom stereocenters. The standard InChI is InChI=1S/C16H27NO2S/c1-6-13(4)16(17-5)11-20(18,19)15-9-7-14(8-10-15)12(2)3/h7-10,12-13,16-17H,6,11H2,1-5H3. The molecular weight excluding hydrogens is 270 g/mol. The largest absolute Gasteiger partial charge is 0.316 e. The Morgan fingerprint density at radius 2 is 1.65 bits per heavy atom. The predicted octanol–water partition coefficient (Wildman–Crippen LogP) is 3.22. The predicted molar refractivity (Wildman–Crippen MR) is 84.9 cm³/mol. The highest BCUT2D eigenvalue weighted by Crippen LogP contribution is 2.20. The summed E-state index contributed by atoms with van der Waals surface area (Å²) >= 11 is 0. The normalized spacial score (nSPS) is 15.3. The first-order valence-electron chi connectivity index (χ1n) is 7.31. The van der Waals surface area contributed by atoms with Crippen LogP contribution in [-0.4, -0.2) is 27.3 Å². The van der Waals surface area contributed by atoms with E-state index in [1.54, 1.807) is 12.1 Å². The number of benzene rings is 1. The van der Waals surface area contributed by atoms with Crippen LogP contribution >= 0.6 is 0 Å². The summed E-state index contributed by atoms with van der Waals surface area (Å²) in [6, 6.07) is 7.28. The molecule has 0 saturated heterocycles. The zero-order valence-electron chi connectivity index (χ0n) is 13.2. The van der Waals surface area contributed by atoms with Crippen LogP contribution in [0.25, 0.3) is 0 Å². The van der Waals surface area contributed by atoms with E-state index in [0.717, 1.165) is 12.0 Å². The molecule has 20 heavy (non-hydrogen) atoms. The molecule has 1 aromatic carbocycles. The van der Waals surface area contributed by atoms with Gasteiger partial charge >= 0.3 is 0 Å². The maximum atomic E-state index is 12.5. The molecule has 0 amide bonds. The van der Waals surface area contributed by atoms with Gasteiger partial charge in [0.25, 0.3) is 0 Å². The van der Waals surface area contributed by atoms with Crippen molar-refractivity contribution in [1.82, 2.24) is 5.32 Å².